The maximum Gasteiger partial charge on any atom is 0.286 e. The molecule has 0 aromatic carbocycles. The van der Waals surface area contributed by atoms with Crippen molar-refractivity contribution in [2.45, 2.75) is 13.3 Å². The third kappa shape index (κ3) is 2.55. The average molecular weight is 277 g/mol. The number of H-pyrrole nitrogens is 2. The summed E-state index contributed by atoms with van der Waals surface area (Å²) in [5.74, 6) is -0.377. The summed E-state index contributed by atoms with van der Waals surface area (Å²) in [4.78, 5) is 35.6. The average Bonchev–Trinajstić information content (AvgIpc) is 2.86. The SMILES string of the molecule is CCc1cn[nH]c1NC(=O)c1cc([N+](=O)[O-])c[nH]c1=O. The third-order valence-corrected chi connectivity index (χ3v) is 2.68. The van der Waals surface area contributed by atoms with E-state index in [4.69, 9.17) is 0 Å². The number of pyridine rings is 1. The van der Waals surface area contributed by atoms with E-state index in [-0.39, 0.29) is 11.3 Å². The molecule has 0 aliphatic carbocycles. The van der Waals surface area contributed by atoms with E-state index >= 15 is 0 Å². The van der Waals surface area contributed by atoms with Crippen molar-refractivity contribution in [1.82, 2.24) is 15.2 Å². The van der Waals surface area contributed by atoms with Crippen LogP contribution in [0.5, 0.6) is 0 Å². The standard InChI is InChI=1S/C11H11N5O4/c1-2-6-4-13-15-9(6)14-11(18)8-3-7(16(19)20)5-12-10(8)17/h3-5H,2H2,1H3,(H,12,17)(H2,13,14,15,18). The fourth-order valence-electron chi connectivity index (χ4n) is 1.61. The Hall–Kier alpha value is -2.97. The number of hydrogen-bond acceptors (Lipinski definition) is 5. The molecule has 0 bridgehead atoms. The van der Waals surface area contributed by atoms with Gasteiger partial charge in [0.05, 0.1) is 17.3 Å². The third-order valence-electron chi connectivity index (χ3n) is 2.68. The number of aromatic nitrogens is 3. The Bertz CT molecular complexity index is 718. The molecule has 0 fully saturated rings. The van der Waals surface area contributed by atoms with Gasteiger partial charge in [0.15, 0.2) is 0 Å². The number of anilines is 1. The molecule has 2 rings (SSSR count). The van der Waals surface area contributed by atoms with Crippen LogP contribution >= 0.6 is 0 Å². The molecule has 1 amide bonds. The number of nitrogens with one attached hydrogen (secondary N) is 3. The van der Waals surface area contributed by atoms with Gasteiger partial charge in [-0.15, -0.1) is 0 Å². The highest BCUT2D eigenvalue weighted by molar-refractivity contribution is 6.04. The van der Waals surface area contributed by atoms with Crippen molar-refractivity contribution in [1.29, 1.82) is 0 Å². The number of carbonyl (C=O) groups is 1. The van der Waals surface area contributed by atoms with Crippen LogP contribution in [0.25, 0.3) is 0 Å². The number of rotatable bonds is 4. The van der Waals surface area contributed by atoms with E-state index in [1.54, 1.807) is 6.20 Å². The van der Waals surface area contributed by atoms with Gasteiger partial charge in [-0.25, -0.2) is 0 Å². The topological polar surface area (TPSA) is 134 Å². The second kappa shape index (κ2) is 5.34. The summed E-state index contributed by atoms with van der Waals surface area (Å²) in [6.07, 6.45) is 3.12. The lowest BCUT2D eigenvalue weighted by atomic mass is 10.2. The molecular formula is C11H11N5O4. The van der Waals surface area contributed by atoms with Crippen LogP contribution < -0.4 is 10.9 Å². The summed E-state index contributed by atoms with van der Waals surface area (Å²) in [7, 11) is 0. The maximum atomic E-state index is 12.0. The van der Waals surface area contributed by atoms with Crippen LogP contribution in [0.1, 0.15) is 22.8 Å². The minimum atomic E-state index is -0.742. The smallest absolute Gasteiger partial charge is 0.286 e. The predicted octanol–water partition coefficient (Wildman–Crippen LogP) is 0.821. The molecule has 9 nitrogen and oxygen atoms in total. The molecule has 0 radical (unpaired) electrons. The van der Waals surface area contributed by atoms with E-state index in [1.165, 1.54) is 0 Å². The van der Waals surface area contributed by atoms with Gasteiger partial charge in [0.2, 0.25) is 0 Å². The first-order valence-electron chi connectivity index (χ1n) is 5.73. The van der Waals surface area contributed by atoms with E-state index < -0.39 is 16.4 Å². The Morgan fingerprint density at radius 3 is 2.95 bits per heavy atom. The number of nitrogens with zero attached hydrogens (tertiary/aromatic N) is 2. The second-order valence-electron chi connectivity index (χ2n) is 3.94. The highest BCUT2D eigenvalue weighted by Gasteiger charge is 2.17. The van der Waals surface area contributed by atoms with E-state index in [9.17, 15) is 19.7 Å². The molecule has 0 spiro atoms. The van der Waals surface area contributed by atoms with Crippen molar-refractivity contribution in [2.24, 2.45) is 0 Å². The maximum absolute atomic E-state index is 12.0. The van der Waals surface area contributed by atoms with Gasteiger partial charge in [0, 0.05) is 11.6 Å². The van der Waals surface area contributed by atoms with Gasteiger partial charge in [-0.3, -0.25) is 24.8 Å². The van der Waals surface area contributed by atoms with Crippen molar-refractivity contribution in [3.8, 4) is 0 Å². The lowest BCUT2D eigenvalue weighted by molar-refractivity contribution is -0.385. The molecule has 2 aromatic rings. The van der Waals surface area contributed by atoms with Gasteiger partial charge in [0.1, 0.15) is 11.4 Å². The Balaban J connectivity index is 2.32. The molecule has 9 heteroatoms. The molecule has 0 aliphatic rings. The number of hydrogen-bond donors (Lipinski definition) is 3. The van der Waals surface area contributed by atoms with Crippen LogP contribution in [0.3, 0.4) is 0 Å². The minimum absolute atomic E-state index is 0.337. The van der Waals surface area contributed by atoms with E-state index in [2.05, 4.69) is 20.5 Å². The number of amides is 1. The zero-order valence-electron chi connectivity index (χ0n) is 10.5. The predicted molar refractivity (Wildman–Crippen MR) is 69.6 cm³/mol. The van der Waals surface area contributed by atoms with E-state index in [1.807, 2.05) is 6.92 Å². The number of aryl methyl sites for hydroxylation is 1. The lowest BCUT2D eigenvalue weighted by Gasteiger charge is -2.03. The molecule has 3 N–H and O–H groups in total. The van der Waals surface area contributed by atoms with Crippen molar-refractivity contribution in [3.05, 3.63) is 50.1 Å². The molecule has 0 atom stereocenters. The summed E-state index contributed by atoms with van der Waals surface area (Å²) in [5, 5.41) is 19.5. The highest BCUT2D eigenvalue weighted by Crippen LogP contribution is 2.13. The van der Waals surface area contributed by atoms with Gasteiger partial charge in [-0.1, -0.05) is 6.92 Å². The van der Waals surface area contributed by atoms with Crippen LogP contribution in [-0.4, -0.2) is 26.0 Å². The summed E-state index contributed by atoms with van der Waals surface area (Å²) < 4.78 is 0. The number of nitro groups is 1. The molecule has 20 heavy (non-hydrogen) atoms. The quantitative estimate of drug-likeness (QED) is 0.561. The Kier molecular flexibility index (Phi) is 3.60. The molecule has 2 aromatic heterocycles. The van der Waals surface area contributed by atoms with Crippen LogP contribution in [-0.2, 0) is 6.42 Å². The Morgan fingerprint density at radius 2 is 2.30 bits per heavy atom. The first-order chi connectivity index (χ1) is 9.52. The zero-order chi connectivity index (χ0) is 14.7. The Morgan fingerprint density at radius 1 is 1.55 bits per heavy atom. The van der Waals surface area contributed by atoms with E-state index in [0.717, 1.165) is 17.8 Å². The first-order valence-corrected chi connectivity index (χ1v) is 5.73. The number of carbonyl (C=O) groups excluding carboxylic acids is 1. The van der Waals surface area contributed by atoms with Gasteiger partial charge < -0.3 is 10.3 Å². The Labute approximate surface area is 112 Å². The van der Waals surface area contributed by atoms with Crippen molar-refractivity contribution >= 4 is 17.4 Å². The van der Waals surface area contributed by atoms with Crippen LogP contribution in [0.2, 0.25) is 0 Å². The fourth-order valence-corrected chi connectivity index (χ4v) is 1.61. The normalized spacial score (nSPS) is 10.2. The van der Waals surface area contributed by atoms with Crippen LogP contribution in [0.15, 0.2) is 23.3 Å². The molecule has 0 saturated heterocycles. The molecule has 0 unspecified atom stereocenters. The monoisotopic (exact) mass is 277 g/mol. The second-order valence-corrected chi connectivity index (χ2v) is 3.94. The van der Waals surface area contributed by atoms with Gasteiger partial charge in [-0.05, 0) is 6.42 Å². The van der Waals surface area contributed by atoms with Crippen molar-refractivity contribution in [3.63, 3.8) is 0 Å². The summed E-state index contributed by atoms with van der Waals surface area (Å²) >= 11 is 0. The van der Waals surface area contributed by atoms with Crippen molar-refractivity contribution < 1.29 is 9.72 Å². The summed E-state index contributed by atoms with van der Waals surface area (Å²) in [5.41, 5.74) is -0.642. The van der Waals surface area contributed by atoms with Crippen LogP contribution in [0.4, 0.5) is 11.5 Å². The highest BCUT2D eigenvalue weighted by atomic mass is 16.6. The molecular weight excluding hydrogens is 266 g/mol. The number of aromatic amines is 2. The molecule has 0 saturated carbocycles. The largest absolute Gasteiger partial charge is 0.322 e. The summed E-state index contributed by atoms with van der Waals surface area (Å²) in [6, 6.07) is 0.927. The van der Waals surface area contributed by atoms with Crippen molar-refractivity contribution in [2.75, 3.05) is 5.32 Å². The minimum Gasteiger partial charge on any atom is -0.322 e. The fraction of sp³-hybridized carbons (Fsp3) is 0.182. The molecule has 104 valence electrons. The van der Waals surface area contributed by atoms with Gasteiger partial charge in [0.25, 0.3) is 17.2 Å². The van der Waals surface area contributed by atoms with Gasteiger partial charge in [-0.2, -0.15) is 5.10 Å². The first kappa shape index (κ1) is 13.5. The lowest BCUT2D eigenvalue weighted by Crippen LogP contribution is -2.23. The zero-order valence-corrected chi connectivity index (χ0v) is 10.5. The van der Waals surface area contributed by atoms with Crippen LogP contribution in [0, 0.1) is 10.1 Å². The van der Waals surface area contributed by atoms with Gasteiger partial charge >= 0.3 is 0 Å². The molecule has 0 aliphatic heterocycles. The van der Waals surface area contributed by atoms with E-state index in [0.29, 0.717) is 12.2 Å². The molecule has 2 heterocycles. The summed E-state index contributed by atoms with van der Waals surface area (Å²) in [6.45, 7) is 1.88.